The largest absolute Gasteiger partial charge is 0.374 e. The van der Waals surface area contributed by atoms with Crippen LogP contribution in [0.4, 0.5) is 0 Å². The number of para-hydroxylation sites is 1. The van der Waals surface area contributed by atoms with Crippen molar-refractivity contribution >= 4 is 39.4 Å². The van der Waals surface area contributed by atoms with Crippen LogP contribution in [-0.4, -0.2) is 4.57 Å². The number of benzene rings is 5. The highest BCUT2D eigenvalue weighted by Crippen LogP contribution is 2.43. The maximum absolute atomic E-state index is 3.89. The Bertz CT molecular complexity index is 2570. The van der Waals surface area contributed by atoms with Crippen LogP contribution < -0.4 is 15.9 Å². The predicted octanol–water partition coefficient (Wildman–Crippen LogP) is 9.15. The first-order valence-electron chi connectivity index (χ1n) is 17.2. The van der Waals surface area contributed by atoms with Crippen LogP contribution in [-0.2, 0) is 0 Å². The van der Waals surface area contributed by atoms with Crippen molar-refractivity contribution in [2.75, 3.05) is 0 Å². The molecule has 0 saturated heterocycles. The van der Waals surface area contributed by atoms with E-state index >= 15 is 0 Å². The molecule has 232 valence electrons. The predicted molar refractivity (Wildman–Crippen MR) is 204 cm³/mol. The Morgan fingerprint density at radius 3 is 2.27 bits per heavy atom. The third-order valence-corrected chi connectivity index (χ3v) is 10.6. The average Bonchev–Trinajstić information content (AvgIpc) is 3.54. The molecule has 10 rings (SSSR count). The van der Waals surface area contributed by atoms with Crippen molar-refractivity contribution in [2.24, 2.45) is 11.8 Å². The summed E-state index contributed by atoms with van der Waals surface area (Å²) >= 11 is 0. The van der Waals surface area contributed by atoms with E-state index in [9.17, 15) is 0 Å². The smallest absolute Gasteiger partial charge is 0.0707 e. The molecule has 0 fully saturated rings. The number of nitrogens with zero attached hydrogens (tertiary/aromatic N) is 1. The van der Waals surface area contributed by atoms with E-state index in [1.54, 1.807) is 0 Å². The molecule has 0 amide bonds. The van der Waals surface area contributed by atoms with Crippen molar-refractivity contribution in [3.63, 3.8) is 0 Å². The van der Waals surface area contributed by atoms with Crippen LogP contribution in [0.25, 0.3) is 45.1 Å². The van der Waals surface area contributed by atoms with Crippen molar-refractivity contribution in [1.29, 1.82) is 0 Å². The molecule has 0 saturated carbocycles. The van der Waals surface area contributed by atoms with Crippen LogP contribution in [0.1, 0.15) is 33.9 Å². The van der Waals surface area contributed by atoms with Crippen LogP contribution in [0.15, 0.2) is 176 Å². The number of fused-ring (bicyclic) bond motifs is 8. The molecule has 3 unspecified atom stereocenters. The molecular formula is C47H34N2. The van der Waals surface area contributed by atoms with Crippen LogP contribution in [0.5, 0.6) is 0 Å². The quantitative estimate of drug-likeness (QED) is 0.207. The lowest BCUT2D eigenvalue weighted by Crippen LogP contribution is -2.42. The van der Waals surface area contributed by atoms with Gasteiger partial charge in [-0.05, 0) is 74.9 Å². The Labute approximate surface area is 286 Å². The van der Waals surface area contributed by atoms with Gasteiger partial charge >= 0.3 is 0 Å². The third kappa shape index (κ3) is 4.48. The fourth-order valence-electron chi connectivity index (χ4n) is 8.40. The molecule has 1 N–H and O–H groups in total. The van der Waals surface area contributed by atoms with Crippen molar-refractivity contribution in [2.45, 2.75) is 6.04 Å². The van der Waals surface area contributed by atoms with Gasteiger partial charge in [0.1, 0.15) is 0 Å². The van der Waals surface area contributed by atoms with E-state index in [-0.39, 0.29) is 12.0 Å². The van der Waals surface area contributed by atoms with Crippen LogP contribution in [0.3, 0.4) is 0 Å². The minimum atomic E-state index is 0.0000372. The third-order valence-electron chi connectivity index (χ3n) is 10.6. The zero-order chi connectivity index (χ0) is 32.3. The molecule has 3 atom stereocenters. The molecule has 0 radical (unpaired) electrons. The fraction of sp³-hybridized carbons (Fsp3) is 0.0638. The molecule has 0 spiro atoms. The molecule has 4 aliphatic rings. The highest BCUT2D eigenvalue weighted by molar-refractivity contribution is 5.94. The van der Waals surface area contributed by atoms with Crippen molar-refractivity contribution in [3.8, 4) is 5.69 Å². The molecule has 1 aromatic heterocycles. The van der Waals surface area contributed by atoms with Gasteiger partial charge in [0.2, 0.25) is 0 Å². The van der Waals surface area contributed by atoms with Gasteiger partial charge < -0.3 is 9.88 Å². The molecule has 3 aliphatic carbocycles. The van der Waals surface area contributed by atoms with Gasteiger partial charge in [0.25, 0.3) is 0 Å². The molecule has 49 heavy (non-hydrogen) atoms. The summed E-state index contributed by atoms with van der Waals surface area (Å²) in [5.41, 5.74) is 13.9. The van der Waals surface area contributed by atoms with Gasteiger partial charge in [-0.15, -0.1) is 0 Å². The van der Waals surface area contributed by atoms with Crippen LogP contribution in [0.2, 0.25) is 0 Å². The summed E-state index contributed by atoms with van der Waals surface area (Å²) in [7, 11) is 0. The molecule has 5 aromatic carbocycles. The van der Waals surface area contributed by atoms with E-state index in [4.69, 9.17) is 0 Å². The Morgan fingerprint density at radius 1 is 0.612 bits per heavy atom. The maximum Gasteiger partial charge on any atom is 0.0707 e. The fourth-order valence-corrected chi connectivity index (χ4v) is 8.40. The van der Waals surface area contributed by atoms with Gasteiger partial charge in [-0.3, -0.25) is 0 Å². The normalized spacial score (nSPS) is 20.1. The number of allylic oxidation sites excluding steroid dienone is 7. The number of hydrogen-bond acceptors (Lipinski definition) is 1. The second-order valence-electron chi connectivity index (χ2n) is 13.3. The lowest BCUT2D eigenvalue weighted by atomic mass is 9.70. The van der Waals surface area contributed by atoms with Crippen LogP contribution in [0, 0.1) is 11.8 Å². The van der Waals surface area contributed by atoms with E-state index in [1.807, 2.05) is 0 Å². The first-order chi connectivity index (χ1) is 24.3. The van der Waals surface area contributed by atoms with Gasteiger partial charge in [0.05, 0.1) is 16.9 Å². The minimum absolute atomic E-state index is 0.0000372. The number of dihydropyridines is 1. The lowest BCUT2D eigenvalue weighted by Gasteiger charge is -2.34. The molecule has 1 aliphatic heterocycles. The summed E-state index contributed by atoms with van der Waals surface area (Å²) in [5, 5.41) is 7.87. The summed E-state index contributed by atoms with van der Waals surface area (Å²) in [6.45, 7) is 0. The first-order valence-corrected chi connectivity index (χ1v) is 17.2. The molecule has 0 bridgehead atoms. The monoisotopic (exact) mass is 626 g/mol. The number of rotatable bonds is 4. The molecular weight excluding hydrogens is 593 g/mol. The zero-order valence-electron chi connectivity index (χ0n) is 27.0. The maximum atomic E-state index is 3.89. The van der Waals surface area contributed by atoms with Gasteiger partial charge in [-0.2, -0.15) is 0 Å². The SMILES string of the molecule is C1=CC2=c3c(c4ccccc4n3-c3cccc(C4C=C(c5ccccc5)C=C(c5ccccc5)N4)c3)=C3c4ccccc4C=CC3C2C=C1. The van der Waals surface area contributed by atoms with E-state index in [0.717, 1.165) is 5.70 Å². The molecule has 2 nitrogen and oxygen atoms in total. The Morgan fingerprint density at radius 2 is 1.39 bits per heavy atom. The van der Waals surface area contributed by atoms with E-state index < -0.39 is 0 Å². The van der Waals surface area contributed by atoms with Gasteiger partial charge in [0, 0.05) is 33.8 Å². The molecule has 6 aromatic rings. The van der Waals surface area contributed by atoms with Crippen molar-refractivity contribution in [3.05, 3.63) is 214 Å². The number of hydrogen-bond donors (Lipinski definition) is 1. The van der Waals surface area contributed by atoms with Gasteiger partial charge in [-0.25, -0.2) is 0 Å². The summed E-state index contributed by atoms with van der Waals surface area (Å²) in [5.74, 6) is 0.568. The standard InChI is InChI=1S/C47H34N2/c1-3-14-31(15-4-1)35-29-42(33-17-5-2-6-18-33)48-43(30-35)34-19-13-20-36(28-34)49-44-25-12-11-24-41(44)46-45-37-21-8-7-16-32(37)26-27-39(45)38-22-9-10-23-40(38)47(46)49/h1-30,38-39,43,48H. The average molecular weight is 627 g/mol. The Balaban J connectivity index is 1.21. The Hall–Kier alpha value is -6.12. The second-order valence-corrected chi connectivity index (χ2v) is 13.3. The van der Waals surface area contributed by atoms with Gasteiger partial charge in [-0.1, -0.05) is 152 Å². The summed E-state index contributed by atoms with van der Waals surface area (Å²) in [6.07, 6.45) is 18.6. The first kappa shape index (κ1) is 27.9. The number of nitrogens with one attached hydrogen (secondary N) is 1. The number of aromatic nitrogens is 1. The molecule has 2 heterocycles. The Kier molecular flexibility index (Phi) is 6.41. The second kappa shape index (κ2) is 11.2. The summed E-state index contributed by atoms with van der Waals surface area (Å²) in [6, 6.07) is 48.4. The van der Waals surface area contributed by atoms with Crippen molar-refractivity contribution < 1.29 is 0 Å². The van der Waals surface area contributed by atoms with E-state index in [2.05, 4.69) is 192 Å². The summed E-state index contributed by atoms with van der Waals surface area (Å²) < 4.78 is 2.53. The van der Waals surface area contributed by atoms with Gasteiger partial charge in [0.15, 0.2) is 0 Å². The highest BCUT2D eigenvalue weighted by Gasteiger charge is 2.35. The van der Waals surface area contributed by atoms with Crippen LogP contribution >= 0.6 is 0 Å². The summed E-state index contributed by atoms with van der Waals surface area (Å²) in [4.78, 5) is 0. The topological polar surface area (TPSA) is 17.0 Å². The zero-order valence-corrected chi connectivity index (χ0v) is 27.0. The molecule has 2 heteroatoms. The van der Waals surface area contributed by atoms with Crippen molar-refractivity contribution in [1.82, 2.24) is 9.88 Å². The van der Waals surface area contributed by atoms with E-state index in [0.29, 0.717) is 5.92 Å². The highest BCUT2D eigenvalue weighted by atomic mass is 15.0. The minimum Gasteiger partial charge on any atom is -0.374 e. The van der Waals surface area contributed by atoms with E-state index in [1.165, 1.54) is 71.7 Å². The lowest BCUT2D eigenvalue weighted by molar-refractivity contribution is 0.688.